The Balaban J connectivity index is 2.76. The largest absolute Gasteiger partial charge is 0.494 e. The number of ether oxygens (including phenoxy) is 2. The summed E-state index contributed by atoms with van der Waals surface area (Å²) in [5, 5.41) is 0. The topological polar surface area (TPSA) is 78.6 Å². The second-order valence-electron chi connectivity index (χ2n) is 4.12. The lowest BCUT2D eigenvalue weighted by molar-refractivity contribution is -0.172. The quantitative estimate of drug-likeness (QED) is 0.612. The monoisotopic (exact) mass is 327 g/mol. The van der Waals surface area contributed by atoms with Gasteiger partial charge < -0.3 is 15.2 Å². The maximum Gasteiger partial charge on any atom is 0.411 e. The van der Waals surface area contributed by atoms with E-state index in [1.807, 2.05) is 0 Å². The van der Waals surface area contributed by atoms with Crippen molar-refractivity contribution >= 4 is 15.5 Å². The van der Waals surface area contributed by atoms with E-state index in [0.717, 1.165) is 0 Å². The molecule has 9 heteroatoms. The van der Waals surface area contributed by atoms with Gasteiger partial charge in [-0.25, -0.2) is 8.42 Å². The molecule has 0 aliphatic heterocycles. The van der Waals surface area contributed by atoms with E-state index in [1.54, 1.807) is 6.92 Å². The van der Waals surface area contributed by atoms with Crippen molar-refractivity contribution in [2.24, 2.45) is 0 Å². The molecule has 120 valence electrons. The van der Waals surface area contributed by atoms with Crippen molar-refractivity contribution in [3.05, 3.63) is 18.2 Å². The Morgan fingerprint density at radius 3 is 2.52 bits per heavy atom. The zero-order valence-corrected chi connectivity index (χ0v) is 12.1. The molecule has 1 aromatic carbocycles. The number of nitrogens with two attached hydrogens (primary N) is 1. The molecule has 1 aromatic rings. The van der Waals surface area contributed by atoms with Gasteiger partial charge in [0.2, 0.25) is 0 Å². The van der Waals surface area contributed by atoms with E-state index in [4.69, 9.17) is 10.5 Å². The normalized spacial score (nSPS) is 12.4. The molecular weight excluding hydrogens is 311 g/mol. The molecule has 5 nitrogen and oxygen atoms in total. The Morgan fingerprint density at radius 1 is 1.29 bits per heavy atom. The minimum absolute atomic E-state index is 0.00859. The first kappa shape index (κ1) is 17.6. The van der Waals surface area contributed by atoms with Crippen molar-refractivity contribution in [1.82, 2.24) is 0 Å². The number of rotatable bonds is 7. The molecule has 0 spiro atoms. The molecule has 0 aliphatic rings. The Hall–Kier alpha value is -1.48. The number of hydrogen-bond donors (Lipinski definition) is 1. The number of sulfone groups is 1. The standard InChI is InChI=1S/C12H16F3NO4S/c1-2-20-9-3-4-10(16)11(7-9)21(17,18)6-5-19-8-12(13,14)15/h3-4,7H,2,5-6,8,16H2,1H3. The zero-order valence-electron chi connectivity index (χ0n) is 11.3. The fourth-order valence-electron chi connectivity index (χ4n) is 1.51. The number of nitrogen functional groups attached to an aromatic ring is 1. The Bertz CT molecular complexity index is 572. The minimum Gasteiger partial charge on any atom is -0.494 e. The Morgan fingerprint density at radius 2 is 1.95 bits per heavy atom. The van der Waals surface area contributed by atoms with E-state index in [1.165, 1.54) is 18.2 Å². The molecule has 0 unspecified atom stereocenters. The maximum atomic E-state index is 12.0. The highest BCUT2D eigenvalue weighted by molar-refractivity contribution is 7.91. The van der Waals surface area contributed by atoms with Gasteiger partial charge >= 0.3 is 6.18 Å². The molecule has 0 saturated carbocycles. The SMILES string of the molecule is CCOc1ccc(N)c(S(=O)(=O)CCOCC(F)(F)F)c1. The average Bonchev–Trinajstić information content (AvgIpc) is 2.36. The van der Waals surface area contributed by atoms with Crippen LogP contribution in [0, 0.1) is 0 Å². The molecule has 2 N–H and O–H groups in total. The molecule has 21 heavy (non-hydrogen) atoms. The summed E-state index contributed by atoms with van der Waals surface area (Å²) >= 11 is 0. The van der Waals surface area contributed by atoms with Gasteiger partial charge in [-0.2, -0.15) is 13.2 Å². The van der Waals surface area contributed by atoms with Crippen molar-refractivity contribution in [2.45, 2.75) is 18.0 Å². The van der Waals surface area contributed by atoms with Gasteiger partial charge in [0, 0.05) is 6.07 Å². The van der Waals surface area contributed by atoms with Gasteiger partial charge in [-0.3, -0.25) is 0 Å². The highest BCUT2D eigenvalue weighted by Crippen LogP contribution is 2.25. The highest BCUT2D eigenvalue weighted by atomic mass is 32.2. The number of hydrogen-bond acceptors (Lipinski definition) is 5. The predicted octanol–water partition coefficient (Wildman–Crippen LogP) is 2.02. The van der Waals surface area contributed by atoms with E-state index >= 15 is 0 Å². The third kappa shape index (κ3) is 5.80. The van der Waals surface area contributed by atoms with Crippen LogP contribution in [0.3, 0.4) is 0 Å². The highest BCUT2D eigenvalue weighted by Gasteiger charge is 2.28. The Labute approximate surface area is 120 Å². The van der Waals surface area contributed by atoms with Crippen LogP contribution in [0.15, 0.2) is 23.1 Å². The summed E-state index contributed by atoms with van der Waals surface area (Å²) in [6.45, 7) is 0.0186. The molecule has 0 fully saturated rings. The fraction of sp³-hybridized carbons (Fsp3) is 0.500. The summed E-state index contributed by atoms with van der Waals surface area (Å²) < 4.78 is 69.2. The van der Waals surface area contributed by atoms with E-state index in [-0.39, 0.29) is 10.6 Å². The fourth-order valence-corrected chi connectivity index (χ4v) is 2.79. The van der Waals surface area contributed by atoms with E-state index in [0.29, 0.717) is 12.4 Å². The van der Waals surface area contributed by atoms with Gasteiger partial charge in [-0.1, -0.05) is 0 Å². The third-order valence-corrected chi connectivity index (χ3v) is 4.12. The second kappa shape index (κ2) is 6.99. The summed E-state index contributed by atoms with van der Waals surface area (Å²) in [6, 6.07) is 4.13. The molecule has 0 aromatic heterocycles. The van der Waals surface area contributed by atoms with Gasteiger partial charge in [-0.15, -0.1) is 0 Å². The average molecular weight is 327 g/mol. The summed E-state index contributed by atoms with van der Waals surface area (Å²) in [5.74, 6) is -0.274. The van der Waals surface area contributed by atoms with Crippen molar-refractivity contribution in [1.29, 1.82) is 0 Å². The lowest BCUT2D eigenvalue weighted by Gasteiger charge is -2.11. The van der Waals surface area contributed by atoms with Crippen LogP contribution < -0.4 is 10.5 Å². The molecule has 0 saturated heterocycles. The summed E-state index contributed by atoms with van der Waals surface area (Å²) in [6.07, 6.45) is -4.49. The second-order valence-corrected chi connectivity index (χ2v) is 6.20. The third-order valence-electron chi connectivity index (χ3n) is 2.39. The first-order chi connectivity index (χ1) is 9.65. The van der Waals surface area contributed by atoms with Crippen molar-refractivity contribution in [3.8, 4) is 5.75 Å². The van der Waals surface area contributed by atoms with Gasteiger partial charge in [0.1, 0.15) is 12.4 Å². The summed E-state index contributed by atoms with van der Waals surface area (Å²) in [5.41, 5.74) is 5.60. The Kier molecular flexibility index (Phi) is 5.85. The van der Waals surface area contributed by atoms with E-state index in [9.17, 15) is 21.6 Å². The van der Waals surface area contributed by atoms with Crippen LogP contribution in [0.2, 0.25) is 0 Å². The van der Waals surface area contributed by atoms with Crippen LogP contribution in [0.25, 0.3) is 0 Å². The smallest absolute Gasteiger partial charge is 0.411 e. The molecular formula is C12H16F3NO4S. The lowest BCUT2D eigenvalue weighted by Crippen LogP contribution is -2.21. The minimum atomic E-state index is -4.49. The summed E-state index contributed by atoms with van der Waals surface area (Å²) in [4.78, 5) is -0.177. The molecule has 0 aliphatic carbocycles. The maximum absolute atomic E-state index is 12.0. The van der Waals surface area contributed by atoms with Crippen molar-refractivity contribution in [3.63, 3.8) is 0 Å². The number of benzene rings is 1. The zero-order chi connectivity index (χ0) is 16.1. The molecule has 0 bridgehead atoms. The molecule has 0 heterocycles. The number of anilines is 1. The van der Waals surface area contributed by atoms with Crippen molar-refractivity contribution < 1.29 is 31.1 Å². The van der Waals surface area contributed by atoms with E-state index < -0.39 is 35.0 Å². The van der Waals surface area contributed by atoms with Crippen LogP contribution in [-0.4, -0.2) is 40.2 Å². The van der Waals surface area contributed by atoms with Crippen LogP contribution in [0.5, 0.6) is 5.75 Å². The van der Waals surface area contributed by atoms with Gasteiger partial charge in [0.05, 0.1) is 29.5 Å². The van der Waals surface area contributed by atoms with Crippen LogP contribution in [0.4, 0.5) is 18.9 Å². The predicted molar refractivity (Wildman–Crippen MR) is 71.0 cm³/mol. The lowest BCUT2D eigenvalue weighted by atomic mass is 10.3. The first-order valence-corrected chi connectivity index (χ1v) is 7.70. The summed E-state index contributed by atoms with van der Waals surface area (Å²) in [7, 11) is -3.85. The molecule has 1 rings (SSSR count). The molecule has 0 atom stereocenters. The van der Waals surface area contributed by atoms with Crippen molar-refractivity contribution in [2.75, 3.05) is 31.3 Å². The van der Waals surface area contributed by atoms with Crippen LogP contribution >= 0.6 is 0 Å². The van der Waals surface area contributed by atoms with Gasteiger partial charge in [0.25, 0.3) is 0 Å². The first-order valence-electron chi connectivity index (χ1n) is 6.05. The molecule has 0 radical (unpaired) electrons. The van der Waals surface area contributed by atoms with Crippen LogP contribution in [-0.2, 0) is 14.6 Å². The number of alkyl halides is 3. The molecule has 0 amide bonds. The van der Waals surface area contributed by atoms with E-state index in [2.05, 4.69) is 4.74 Å². The number of halogens is 3. The van der Waals surface area contributed by atoms with Gasteiger partial charge in [0.15, 0.2) is 9.84 Å². The van der Waals surface area contributed by atoms with Crippen LogP contribution in [0.1, 0.15) is 6.92 Å². The van der Waals surface area contributed by atoms with Gasteiger partial charge in [-0.05, 0) is 19.1 Å².